The van der Waals surface area contributed by atoms with E-state index >= 15 is 0 Å². The molecule has 0 aliphatic heterocycles. The molecule has 2 rings (SSSR count). The molecule has 2 aromatic rings. The summed E-state index contributed by atoms with van der Waals surface area (Å²) in [6, 6.07) is 13.0. The summed E-state index contributed by atoms with van der Waals surface area (Å²) in [5, 5.41) is 18.2. The Balaban J connectivity index is 2.33. The second kappa shape index (κ2) is 6.84. The van der Waals surface area contributed by atoms with E-state index in [2.05, 4.69) is 10.2 Å². The van der Waals surface area contributed by atoms with Crippen LogP contribution < -0.4 is 16.2 Å². The van der Waals surface area contributed by atoms with Gasteiger partial charge in [0.05, 0.1) is 11.1 Å². The van der Waals surface area contributed by atoms with Crippen LogP contribution in [0.2, 0.25) is 0 Å². The number of hydrogen-bond acceptors (Lipinski definition) is 5. The highest BCUT2D eigenvalue weighted by Gasteiger charge is 2.15. The Morgan fingerprint density at radius 3 is 2.41 bits per heavy atom. The van der Waals surface area contributed by atoms with Crippen LogP contribution in [0.5, 0.6) is 11.5 Å². The number of nitrogens with two attached hydrogens (primary N) is 2. The number of benzene rings is 2. The first-order chi connectivity index (χ1) is 10.6. The summed E-state index contributed by atoms with van der Waals surface area (Å²) in [5.74, 6) is 0.356. The first-order valence-corrected chi connectivity index (χ1v) is 6.20. The highest BCUT2D eigenvalue weighted by atomic mass is 16.6. The fourth-order valence-electron chi connectivity index (χ4n) is 1.65. The van der Waals surface area contributed by atoms with Crippen molar-refractivity contribution in [3.8, 4) is 11.5 Å². The fourth-order valence-corrected chi connectivity index (χ4v) is 1.65. The third-order valence-corrected chi connectivity index (χ3v) is 2.57. The topological polar surface area (TPSA) is 129 Å². The zero-order chi connectivity index (χ0) is 15.9. The van der Waals surface area contributed by atoms with E-state index in [0.29, 0.717) is 11.3 Å². The van der Waals surface area contributed by atoms with Crippen LogP contribution in [0.25, 0.3) is 0 Å². The van der Waals surface area contributed by atoms with E-state index in [4.69, 9.17) is 16.2 Å². The van der Waals surface area contributed by atoms with Gasteiger partial charge >= 0.3 is 5.69 Å². The maximum Gasteiger partial charge on any atom is 0.311 e. The fraction of sp³-hybridized carbons (Fsp3) is 0. The molecular formula is C14H13N5O3. The monoisotopic (exact) mass is 299 g/mol. The normalized spacial score (nSPS) is 10.4. The van der Waals surface area contributed by atoms with Gasteiger partial charge in [0.2, 0.25) is 11.7 Å². The lowest BCUT2D eigenvalue weighted by atomic mass is 10.2. The van der Waals surface area contributed by atoms with Crippen LogP contribution in [-0.4, -0.2) is 17.1 Å². The molecule has 0 bridgehead atoms. The molecule has 8 nitrogen and oxygen atoms in total. The lowest BCUT2D eigenvalue weighted by Gasteiger charge is -2.08. The zero-order valence-corrected chi connectivity index (χ0v) is 11.4. The third-order valence-electron chi connectivity index (χ3n) is 2.57. The molecule has 0 saturated carbocycles. The number of nitro benzene ring substituents is 1. The molecule has 0 atom stereocenters. The van der Waals surface area contributed by atoms with Crippen LogP contribution in [0.1, 0.15) is 5.56 Å². The average Bonchev–Trinajstić information content (AvgIpc) is 2.49. The molecule has 22 heavy (non-hydrogen) atoms. The van der Waals surface area contributed by atoms with E-state index in [1.165, 1.54) is 18.3 Å². The van der Waals surface area contributed by atoms with Gasteiger partial charge in [0.25, 0.3) is 0 Å². The van der Waals surface area contributed by atoms with Gasteiger partial charge < -0.3 is 16.2 Å². The van der Waals surface area contributed by atoms with Crippen molar-refractivity contribution >= 4 is 17.9 Å². The van der Waals surface area contributed by atoms with Crippen LogP contribution in [-0.2, 0) is 0 Å². The summed E-state index contributed by atoms with van der Waals surface area (Å²) < 4.78 is 5.62. The summed E-state index contributed by atoms with van der Waals surface area (Å²) >= 11 is 0. The summed E-state index contributed by atoms with van der Waals surface area (Å²) in [6.07, 6.45) is 1.39. The zero-order valence-electron chi connectivity index (χ0n) is 11.4. The van der Waals surface area contributed by atoms with Crippen LogP contribution in [0.3, 0.4) is 0 Å². The molecule has 112 valence electrons. The highest BCUT2D eigenvalue weighted by molar-refractivity contribution is 5.84. The van der Waals surface area contributed by atoms with Gasteiger partial charge in [0.1, 0.15) is 5.75 Å². The smallest absolute Gasteiger partial charge is 0.311 e. The Kier molecular flexibility index (Phi) is 4.66. The molecule has 0 heterocycles. The Hall–Kier alpha value is -3.42. The summed E-state index contributed by atoms with van der Waals surface area (Å²) in [4.78, 5) is 10.5. The van der Waals surface area contributed by atoms with Crippen molar-refractivity contribution in [2.45, 2.75) is 0 Å². The van der Waals surface area contributed by atoms with Gasteiger partial charge in [-0.1, -0.05) is 24.3 Å². The maximum absolute atomic E-state index is 11.0. The number of guanidine groups is 1. The van der Waals surface area contributed by atoms with Gasteiger partial charge in [-0.15, -0.1) is 5.10 Å². The molecule has 0 spiro atoms. The second-order valence-electron chi connectivity index (χ2n) is 4.13. The standard InChI is InChI=1S/C14H13N5O3/c15-14(16)18-17-9-10-5-1-3-7-12(10)22-13-8-4-2-6-11(13)19(20)21/h1-9H,(H4,15,16,18). The van der Waals surface area contributed by atoms with Gasteiger partial charge in [0, 0.05) is 11.6 Å². The molecule has 0 unspecified atom stereocenters. The average molecular weight is 299 g/mol. The van der Waals surface area contributed by atoms with Crippen molar-refractivity contribution in [1.29, 1.82) is 0 Å². The summed E-state index contributed by atoms with van der Waals surface area (Å²) in [6.45, 7) is 0. The number of para-hydroxylation sites is 3. The van der Waals surface area contributed by atoms with Crippen LogP contribution in [0, 0.1) is 10.1 Å². The van der Waals surface area contributed by atoms with E-state index in [1.807, 2.05) is 0 Å². The van der Waals surface area contributed by atoms with Crippen molar-refractivity contribution in [3.63, 3.8) is 0 Å². The lowest BCUT2D eigenvalue weighted by Crippen LogP contribution is -2.21. The summed E-state index contributed by atoms with van der Waals surface area (Å²) in [5.41, 5.74) is 10.8. The van der Waals surface area contributed by atoms with Crippen LogP contribution in [0.4, 0.5) is 5.69 Å². The number of ether oxygens (including phenoxy) is 1. The number of nitro groups is 1. The van der Waals surface area contributed by atoms with Crippen molar-refractivity contribution in [2.24, 2.45) is 21.7 Å². The van der Waals surface area contributed by atoms with Crippen LogP contribution >= 0.6 is 0 Å². The van der Waals surface area contributed by atoms with E-state index in [0.717, 1.165) is 0 Å². The molecular weight excluding hydrogens is 286 g/mol. The Labute approximate surface area is 125 Å². The Morgan fingerprint density at radius 2 is 1.73 bits per heavy atom. The predicted molar refractivity (Wildman–Crippen MR) is 83.0 cm³/mol. The first kappa shape index (κ1) is 15.0. The van der Waals surface area contributed by atoms with Gasteiger partial charge in [0.15, 0.2) is 0 Å². The van der Waals surface area contributed by atoms with E-state index in [9.17, 15) is 10.1 Å². The van der Waals surface area contributed by atoms with Crippen LogP contribution in [0.15, 0.2) is 58.7 Å². The molecule has 0 radical (unpaired) electrons. The van der Waals surface area contributed by atoms with E-state index in [1.54, 1.807) is 36.4 Å². The third kappa shape index (κ3) is 3.79. The van der Waals surface area contributed by atoms with Crippen molar-refractivity contribution in [2.75, 3.05) is 0 Å². The van der Waals surface area contributed by atoms with Crippen molar-refractivity contribution < 1.29 is 9.66 Å². The molecule has 0 aliphatic rings. The maximum atomic E-state index is 11.0. The summed E-state index contributed by atoms with van der Waals surface area (Å²) in [7, 11) is 0. The SMILES string of the molecule is NC(N)=NN=Cc1ccccc1Oc1ccccc1[N+](=O)[O-]. The van der Waals surface area contributed by atoms with Crippen molar-refractivity contribution in [1.82, 2.24) is 0 Å². The molecule has 0 aromatic heterocycles. The number of hydrogen-bond donors (Lipinski definition) is 2. The minimum atomic E-state index is -0.508. The highest BCUT2D eigenvalue weighted by Crippen LogP contribution is 2.31. The molecule has 0 saturated heterocycles. The number of nitrogens with zero attached hydrogens (tertiary/aromatic N) is 3. The molecule has 2 aromatic carbocycles. The predicted octanol–water partition coefficient (Wildman–Crippen LogP) is 1.99. The van der Waals surface area contributed by atoms with Gasteiger partial charge in [-0.25, -0.2) is 0 Å². The minimum Gasteiger partial charge on any atom is -0.449 e. The minimum absolute atomic E-state index is 0.126. The van der Waals surface area contributed by atoms with E-state index in [-0.39, 0.29) is 17.4 Å². The second-order valence-corrected chi connectivity index (χ2v) is 4.13. The molecule has 4 N–H and O–H groups in total. The molecule has 8 heteroatoms. The largest absolute Gasteiger partial charge is 0.449 e. The van der Waals surface area contributed by atoms with Crippen molar-refractivity contribution in [3.05, 3.63) is 64.2 Å². The number of rotatable bonds is 5. The Bertz CT molecular complexity index is 739. The van der Waals surface area contributed by atoms with Gasteiger partial charge in [-0.2, -0.15) is 5.10 Å². The van der Waals surface area contributed by atoms with Gasteiger partial charge in [-0.3, -0.25) is 10.1 Å². The van der Waals surface area contributed by atoms with Gasteiger partial charge in [-0.05, 0) is 18.2 Å². The molecule has 0 fully saturated rings. The van der Waals surface area contributed by atoms with E-state index < -0.39 is 4.92 Å². The Morgan fingerprint density at radius 1 is 1.09 bits per heavy atom. The molecule has 0 amide bonds. The molecule has 0 aliphatic carbocycles. The lowest BCUT2D eigenvalue weighted by molar-refractivity contribution is -0.385. The quantitative estimate of drug-likeness (QED) is 0.377. The first-order valence-electron chi connectivity index (χ1n) is 6.20.